The summed E-state index contributed by atoms with van der Waals surface area (Å²) in [5.74, 6) is -0.00424. The van der Waals surface area contributed by atoms with Crippen molar-refractivity contribution in [3.8, 4) is 0 Å². The molecular formula is C25H31N3O2. The quantitative estimate of drug-likeness (QED) is 0.753. The molecule has 0 saturated carbocycles. The number of carbonyl (C=O) groups excluding carboxylic acids is 2. The molecule has 2 aromatic carbocycles. The Hall–Kier alpha value is -2.92. The molecule has 0 unspecified atom stereocenters. The maximum Gasteiger partial charge on any atom is 0.253 e. The van der Waals surface area contributed by atoms with Crippen molar-refractivity contribution >= 4 is 23.1 Å². The Morgan fingerprint density at radius 1 is 0.867 bits per heavy atom. The summed E-state index contributed by atoms with van der Waals surface area (Å²) in [5.41, 5.74) is 6.41. The van der Waals surface area contributed by atoms with Crippen molar-refractivity contribution in [2.45, 2.75) is 33.6 Å². The predicted octanol–water partition coefficient (Wildman–Crippen LogP) is 4.31. The molecular weight excluding hydrogens is 374 g/mol. The highest BCUT2D eigenvalue weighted by atomic mass is 16.2. The van der Waals surface area contributed by atoms with E-state index in [0.717, 1.165) is 48.3 Å². The molecule has 30 heavy (non-hydrogen) atoms. The summed E-state index contributed by atoms with van der Waals surface area (Å²) < 4.78 is 0. The normalized spacial score (nSPS) is 13.6. The highest BCUT2D eigenvalue weighted by molar-refractivity contribution is 5.95. The minimum atomic E-state index is -0.0758. The van der Waals surface area contributed by atoms with Crippen LogP contribution in [0.2, 0.25) is 0 Å². The van der Waals surface area contributed by atoms with Crippen LogP contribution in [0.15, 0.2) is 54.1 Å². The summed E-state index contributed by atoms with van der Waals surface area (Å²) in [6, 6.07) is 16.0. The number of amides is 2. The van der Waals surface area contributed by atoms with Gasteiger partial charge in [0.2, 0.25) is 5.91 Å². The van der Waals surface area contributed by atoms with Gasteiger partial charge in [0.1, 0.15) is 0 Å². The standard InChI is InChI=1S/C25H31N3O2/c1-4-28(5-2)25(30)22-8-6-19(7-9-22)24(21-14-16-26-17-15-21)20-10-12-23(13-11-20)27-18(3)29/h6-13,26H,4-5,14-17H2,1-3H3,(H,27,29). The first-order valence-corrected chi connectivity index (χ1v) is 10.7. The van der Waals surface area contributed by atoms with Crippen molar-refractivity contribution in [1.82, 2.24) is 10.2 Å². The Labute approximate surface area is 179 Å². The number of benzene rings is 2. The summed E-state index contributed by atoms with van der Waals surface area (Å²) >= 11 is 0. The molecule has 5 heteroatoms. The molecule has 5 nitrogen and oxygen atoms in total. The van der Waals surface area contributed by atoms with Gasteiger partial charge >= 0.3 is 0 Å². The van der Waals surface area contributed by atoms with E-state index < -0.39 is 0 Å². The minimum Gasteiger partial charge on any atom is -0.339 e. The minimum absolute atomic E-state index is 0.0716. The third kappa shape index (κ3) is 5.16. The maximum atomic E-state index is 12.7. The van der Waals surface area contributed by atoms with Gasteiger partial charge in [-0.1, -0.05) is 29.8 Å². The summed E-state index contributed by atoms with van der Waals surface area (Å²) in [6.07, 6.45) is 2.01. The number of anilines is 1. The fourth-order valence-corrected chi connectivity index (χ4v) is 3.95. The zero-order chi connectivity index (χ0) is 21.5. The van der Waals surface area contributed by atoms with Crippen LogP contribution in [0.5, 0.6) is 0 Å². The smallest absolute Gasteiger partial charge is 0.253 e. The number of rotatable bonds is 6. The monoisotopic (exact) mass is 405 g/mol. The average molecular weight is 406 g/mol. The van der Waals surface area contributed by atoms with Crippen LogP contribution in [0.4, 0.5) is 5.69 Å². The molecule has 1 saturated heterocycles. The van der Waals surface area contributed by atoms with E-state index in [1.807, 2.05) is 43.0 Å². The van der Waals surface area contributed by atoms with E-state index in [0.29, 0.717) is 13.1 Å². The molecule has 0 radical (unpaired) electrons. The molecule has 158 valence electrons. The third-order valence-electron chi connectivity index (χ3n) is 5.53. The Balaban J connectivity index is 1.96. The fourth-order valence-electron chi connectivity index (χ4n) is 3.95. The van der Waals surface area contributed by atoms with Gasteiger partial charge in [-0.2, -0.15) is 0 Å². The van der Waals surface area contributed by atoms with Crippen molar-refractivity contribution < 1.29 is 9.59 Å². The van der Waals surface area contributed by atoms with E-state index in [9.17, 15) is 9.59 Å². The molecule has 0 aromatic heterocycles. The average Bonchev–Trinajstić information content (AvgIpc) is 2.77. The van der Waals surface area contributed by atoms with Crippen molar-refractivity contribution in [2.24, 2.45) is 0 Å². The molecule has 1 heterocycles. The van der Waals surface area contributed by atoms with Crippen molar-refractivity contribution in [3.63, 3.8) is 0 Å². The molecule has 2 amide bonds. The fraction of sp³-hybridized carbons (Fsp3) is 0.360. The first-order chi connectivity index (χ1) is 14.5. The third-order valence-corrected chi connectivity index (χ3v) is 5.53. The van der Waals surface area contributed by atoms with Crippen molar-refractivity contribution in [1.29, 1.82) is 0 Å². The number of hydrogen-bond donors (Lipinski definition) is 2. The summed E-state index contributed by atoms with van der Waals surface area (Å²) in [7, 11) is 0. The number of carbonyl (C=O) groups is 2. The molecule has 0 bridgehead atoms. The van der Waals surface area contributed by atoms with Crippen LogP contribution in [0.25, 0.3) is 5.57 Å². The first-order valence-electron chi connectivity index (χ1n) is 10.7. The molecule has 1 aliphatic rings. The lowest BCUT2D eigenvalue weighted by Crippen LogP contribution is -2.30. The van der Waals surface area contributed by atoms with Crippen LogP contribution in [0.1, 0.15) is 55.1 Å². The number of nitrogens with zero attached hydrogens (tertiary/aromatic N) is 1. The molecule has 1 aliphatic heterocycles. The largest absolute Gasteiger partial charge is 0.339 e. The Morgan fingerprint density at radius 2 is 1.37 bits per heavy atom. The molecule has 2 aromatic rings. The number of hydrogen-bond acceptors (Lipinski definition) is 3. The van der Waals surface area contributed by atoms with Gasteiger partial charge in [-0.3, -0.25) is 9.59 Å². The van der Waals surface area contributed by atoms with Gasteiger partial charge < -0.3 is 15.5 Å². The predicted molar refractivity (Wildman–Crippen MR) is 123 cm³/mol. The lowest BCUT2D eigenvalue weighted by Gasteiger charge is -2.22. The Kier molecular flexibility index (Phi) is 7.41. The van der Waals surface area contributed by atoms with Gasteiger partial charge in [0, 0.05) is 31.3 Å². The Morgan fingerprint density at radius 3 is 1.87 bits per heavy atom. The van der Waals surface area contributed by atoms with Gasteiger partial charge in [0.05, 0.1) is 0 Å². The van der Waals surface area contributed by atoms with Crippen LogP contribution in [-0.4, -0.2) is 42.9 Å². The second-order valence-electron chi connectivity index (χ2n) is 7.54. The first kappa shape index (κ1) is 21.8. The molecule has 0 aliphatic carbocycles. The van der Waals surface area contributed by atoms with E-state index in [-0.39, 0.29) is 11.8 Å². The van der Waals surface area contributed by atoms with E-state index in [4.69, 9.17) is 0 Å². The summed E-state index contributed by atoms with van der Waals surface area (Å²) in [4.78, 5) is 25.8. The number of piperidine rings is 1. The van der Waals surface area contributed by atoms with E-state index in [2.05, 4.69) is 34.9 Å². The zero-order valence-electron chi connectivity index (χ0n) is 18.1. The van der Waals surface area contributed by atoms with E-state index in [1.54, 1.807) is 0 Å². The SMILES string of the molecule is CCN(CC)C(=O)c1ccc(C(=C2CCNCC2)c2ccc(NC(C)=O)cc2)cc1. The second-order valence-corrected chi connectivity index (χ2v) is 7.54. The maximum absolute atomic E-state index is 12.7. The van der Waals surface area contributed by atoms with Gasteiger partial charge in [0.25, 0.3) is 5.91 Å². The van der Waals surface area contributed by atoms with E-state index in [1.165, 1.54) is 18.1 Å². The molecule has 0 spiro atoms. The van der Waals surface area contributed by atoms with Gasteiger partial charge in [-0.15, -0.1) is 0 Å². The summed E-state index contributed by atoms with van der Waals surface area (Å²) in [6.45, 7) is 8.88. The van der Waals surface area contributed by atoms with Crippen molar-refractivity contribution in [2.75, 3.05) is 31.5 Å². The van der Waals surface area contributed by atoms with Crippen LogP contribution >= 0.6 is 0 Å². The highest BCUT2D eigenvalue weighted by Gasteiger charge is 2.17. The van der Waals surface area contributed by atoms with E-state index >= 15 is 0 Å². The zero-order valence-corrected chi connectivity index (χ0v) is 18.1. The van der Waals surface area contributed by atoms with Crippen LogP contribution in [0.3, 0.4) is 0 Å². The van der Waals surface area contributed by atoms with Crippen molar-refractivity contribution in [3.05, 3.63) is 70.8 Å². The molecule has 2 N–H and O–H groups in total. The highest BCUT2D eigenvalue weighted by Crippen LogP contribution is 2.32. The molecule has 1 fully saturated rings. The van der Waals surface area contributed by atoms with Gasteiger partial charge in [-0.25, -0.2) is 0 Å². The second kappa shape index (κ2) is 10.2. The van der Waals surface area contributed by atoms with Gasteiger partial charge in [-0.05, 0) is 80.7 Å². The lowest BCUT2D eigenvalue weighted by molar-refractivity contribution is -0.114. The summed E-state index contributed by atoms with van der Waals surface area (Å²) in [5, 5.41) is 6.25. The topological polar surface area (TPSA) is 61.4 Å². The lowest BCUT2D eigenvalue weighted by atomic mass is 9.88. The van der Waals surface area contributed by atoms with Crippen LogP contribution in [-0.2, 0) is 4.79 Å². The molecule has 3 rings (SSSR count). The van der Waals surface area contributed by atoms with Crippen LogP contribution < -0.4 is 10.6 Å². The van der Waals surface area contributed by atoms with Crippen LogP contribution in [0, 0.1) is 0 Å². The van der Waals surface area contributed by atoms with Gasteiger partial charge in [0.15, 0.2) is 0 Å². The molecule has 0 atom stereocenters. The number of nitrogens with one attached hydrogen (secondary N) is 2. The Bertz CT molecular complexity index is 902.